The van der Waals surface area contributed by atoms with E-state index in [0.29, 0.717) is 22.4 Å². The monoisotopic (exact) mass is 255 g/mol. The molecule has 86 valence electrons. The van der Waals surface area contributed by atoms with Gasteiger partial charge in [0.1, 0.15) is 4.32 Å². The van der Waals surface area contributed by atoms with E-state index in [0.717, 1.165) is 0 Å². The van der Waals surface area contributed by atoms with E-state index in [2.05, 4.69) is 6.58 Å². The van der Waals surface area contributed by atoms with E-state index in [4.69, 9.17) is 17.0 Å². The van der Waals surface area contributed by atoms with Crippen LogP contribution in [0.3, 0.4) is 0 Å². The average Bonchev–Trinajstić information content (AvgIpc) is 2.53. The lowest BCUT2D eigenvalue weighted by molar-refractivity contribution is -0.121. The summed E-state index contributed by atoms with van der Waals surface area (Å²) in [5.74, 6) is -0.0731. The van der Waals surface area contributed by atoms with Crippen LogP contribution in [-0.4, -0.2) is 28.3 Å². The number of nitrogens with zero attached hydrogens (tertiary/aromatic N) is 1. The fourth-order valence-corrected chi connectivity index (χ4v) is 2.31. The number of allylic oxidation sites excluding steroid dienone is 2. The highest BCUT2D eigenvalue weighted by atomic mass is 32.2. The van der Waals surface area contributed by atoms with Crippen LogP contribution in [0.5, 0.6) is 0 Å². The molecular weight excluding hydrogens is 242 g/mol. The van der Waals surface area contributed by atoms with Crippen LogP contribution in [0.25, 0.3) is 0 Å². The van der Waals surface area contributed by atoms with Gasteiger partial charge in [0, 0.05) is 6.54 Å². The smallest absolute Gasteiger partial charge is 0.266 e. The van der Waals surface area contributed by atoms with Crippen LogP contribution in [-0.2, 0) is 9.53 Å². The predicted octanol–water partition coefficient (Wildman–Crippen LogP) is 2.47. The number of thioether (sulfide) groups is 1. The van der Waals surface area contributed by atoms with Crippen molar-refractivity contribution in [1.82, 2.24) is 4.90 Å². The maximum atomic E-state index is 11.8. The lowest BCUT2D eigenvalue weighted by Crippen LogP contribution is -2.27. The Bertz CT molecular complexity index is 361. The topological polar surface area (TPSA) is 29.5 Å². The molecule has 0 aromatic heterocycles. The van der Waals surface area contributed by atoms with Crippen molar-refractivity contribution < 1.29 is 9.53 Å². The minimum absolute atomic E-state index is 0.0731. The Morgan fingerprint density at radius 2 is 2.38 bits per heavy atom. The third kappa shape index (κ3) is 3.21. The summed E-state index contributed by atoms with van der Waals surface area (Å²) in [7, 11) is 0. The summed E-state index contributed by atoms with van der Waals surface area (Å²) in [6.45, 7) is 6.55. The first kappa shape index (κ1) is 13.0. The molecule has 1 aliphatic rings. The molecule has 16 heavy (non-hydrogen) atoms. The van der Waals surface area contributed by atoms with Gasteiger partial charge >= 0.3 is 0 Å². The molecule has 1 rings (SSSR count). The first-order valence-corrected chi connectivity index (χ1v) is 6.06. The fourth-order valence-electron chi connectivity index (χ4n) is 1.08. The van der Waals surface area contributed by atoms with Gasteiger partial charge in [-0.1, -0.05) is 30.1 Å². The highest BCUT2D eigenvalue weighted by Gasteiger charge is 2.30. The van der Waals surface area contributed by atoms with Gasteiger partial charge in [-0.25, -0.2) is 0 Å². The Hall–Kier alpha value is -1.07. The zero-order valence-corrected chi connectivity index (χ0v) is 10.6. The number of hydrogen-bond donors (Lipinski definition) is 0. The molecule has 0 aliphatic carbocycles. The van der Waals surface area contributed by atoms with Crippen LogP contribution in [0.4, 0.5) is 0 Å². The van der Waals surface area contributed by atoms with E-state index in [1.807, 2.05) is 6.92 Å². The third-order valence-electron chi connectivity index (χ3n) is 1.77. The van der Waals surface area contributed by atoms with Crippen LogP contribution in [0.1, 0.15) is 6.92 Å². The van der Waals surface area contributed by atoms with Gasteiger partial charge in [-0.05, 0) is 19.1 Å². The van der Waals surface area contributed by atoms with Crippen LogP contribution in [0, 0.1) is 0 Å². The molecule has 0 aromatic rings. The van der Waals surface area contributed by atoms with Crippen molar-refractivity contribution in [1.29, 1.82) is 0 Å². The minimum Gasteiger partial charge on any atom is -0.501 e. The summed E-state index contributed by atoms with van der Waals surface area (Å²) in [4.78, 5) is 13.9. The zero-order valence-electron chi connectivity index (χ0n) is 9.01. The number of rotatable bonds is 5. The number of carbonyl (C=O) groups excluding carboxylic acids is 1. The lowest BCUT2D eigenvalue weighted by atomic mass is 10.4. The quantitative estimate of drug-likeness (QED) is 0.327. The molecule has 3 nitrogen and oxygen atoms in total. The van der Waals surface area contributed by atoms with Crippen molar-refractivity contribution in [2.75, 3.05) is 13.2 Å². The normalized spacial score (nSPS) is 18.8. The van der Waals surface area contributed by atoms with Crippen molar-refractivity contribution in [2.45, 2.75) is 6.92 Å². The summed E-state index contributed by atoms with van der Waals surface area (Å²) in [5.41, 5.74) is 0. The third-order valence-corrected chi connectivity index (χ3v) is 3.17. The van der Waals surface area contributed by atoms with Crippen molar-refractivity contribution in [3.63, 3.8) is 0 Å². The van der Waals surface area contributed by atoms with Gasteiger partial charge in [-0.3, -0.25) is 9.69 Å². The molecule has 0 spiro atoms. The van der Waals surface area contributed by atoms with Crippen LogP contribution < -0.4 is 0 Å². The molecule has 0 N–H and O–H groups in total. The van der Waals surface area contributed by atoms with Crippen LogP contribution in [0.2, 0.25) is 0 Å². The van der Waals surface area contributed by atoms with Crippen molar-refractivity contribution in [3.8, 4) is 0 Å². The molecule has 0 aromatic carbocycles. The largest absolute Gasteiger partial charge is 0.501 e. The number of carbonyl (C=O) groups is 1. The molecule has 5 heteroatoms. The first-order valence-electron chi connectivity index (χ1n) is 4.83. The molecule has 0 radical (unpaired) electrons. The van der Waals surface area contributed by atoms with Gasteiger partial charge in [-0.15, -0.1) is 6.58 Å². The van der Waals surface area contributed by atoms with E-state index < -0.39 is 0 Å². The molecular formula is C11H13NO2S2. The SMILES string of the molecule is C=CCN1C(=O)/C(=C/C=C/OCC)SC1=S. The van der Waals surface area contributed by atoms with Crippen LogP contribution >= 0.6 is 24.0 Å². The summed E-state index contributed by atoms with van der Waals surface area (Å²) < 4.78 is 5.59. The van der Waals surface area contributed by atoms with Crippen molar-refractivity contribution in [2.24, 2.45) is 0 Å². The summed E-state index contributed by atoms with van der Waals surface area (Å²) in [6.07, 6.45) is 6.62. The van der Waals surface area contributed by atoms with E-state index >= 15 is 0 Å². The standard InChI is InChI=1S/C11H13NO2S2/c1-3-7-12-10(13)9(16-11(12)15)6-5-8-14-4-2/h3,5-6,8H,1,4,7H2,2H3/b8-5+,9-6-. The second-order valence-electron chi connectivity index (χ2n) is 2.89. The number of ether oxygens (including phenoxy) is 1. The van der Waals surface area contributed by atoms with Gasteiger partial charge < -0.3 is 4.74 Å². The Morgan fingerprint density at radius 1 is 1.62 bits per heavy atom. The van der Waals surface area contributed by atoms with Gasteiger partial charge in [0.15, 0.2) is 0 Å². The molecule has 1 aliphatic heterocycles. The van der Waals surface area contributed by atoms with Gasteiger partial charge in [-0.2, -0.15) is 0 Å². The maximum Gasteiger partial charge on any atom is 0.266 e. The average molecular weight is 255 g/mol. The zero-order chi connectivity index (χ0) is 12.0. The Kier molecular flexibility index (Phi) is 5.28. The Balaban J connectivity index is 2.68. The second-order valence-corrected chi connectivity index (χ2v) is 4.56. The Labute approximate surface area is 105 Å². The van der Waals surface area contributed by atoms with Crippen molar-refractivity contribution in [3.05, 3.63) is 36.0 Å². The van der Waals surface area contributed by atoms with Gasteiger partial charge in [0.05, 0.1) is 17.8 Å². The molecule has 0 saturated carbocycles. The van der Waals surface area contributed by atoms with Crippen LogP contribution in [0.15, 0.2) is 36.0 Å². The summed E-state index contributed by atoms with van der Waals surface area (Å²) in [5, 5.41) is 0. The lowest BCUT2D eigenvalue weighted by Gasteiger charge is -2.10. The number of hydrogen-bond acceptors (Lipinski definition) is 4. The highest BCUT2D eigenvalue weighted by molar-refractivity contribution is 8.26. The summed E-state index contributed by atoms with van der Waals surface area (Å²) >= 11 is 6.38. The van der Waals surface area contributed by atoms with Gasteiger partial charge in [0.25, 0.3) is 5.91 Å². The summed E-state index contributed by atoms with van der Waals surface area (Å²) in [6, 6.07) is 0. The molecule has 0 bridgehead atoms. The molecule has 1 amide bonds. The van der Waals surface area contributed by atoms with E-state index in [-0.39, 0.29) is 5.91 Å². The van der Waals surface area contributed by atoms with Gasteiger partial charge in [0.2, 0.25) is 0 Å². The Morgan fingerprint density at radius 3 is 3.00 bits per heavy atom. The fraction of sp³-hybridized carbons (Fsp3) is 0.273. The molecule has 1 saturated heterocycles. The van der Waals surface area contributed by atoms with Crippen molar-refractivity contribution >= 4 is 34.2 Å². The maximum absolute atomic E-state index is 11.8. The highest BCUT2D eigenvalue weighted by Crippen LogP contribution is 2.30. The molecule has 0 unspecified atom stereocenters. The molecule has 0 atom stereocenters. The van der Waals surface area contributed by atoms with E-state index in [1.165, 1.54) is 16.7 Å². The minimum atomic E-state index is -0.0731. The predicted molar refractivity (Wildman–Crippen MR) is 70.9 cm³/mol. The molecule has 1 fully saturated rings. The number of amides is 1. The number of thiocarbonyl (C=S) groups is 1. The van der Waals surface area contributed by atoms with E-state index in [1.54, 1.807) is 24.5 Å². The molecule has 1 heterocycles. The van der Waals surface area contributed by atoms with E-state index in [9.17, 15) is 4.79 Å². The first-order chi connectivity index (χ1) is 7.70. The second kappa shape index (κ2) is 6.50.